The topological polar surface area (TPSA) is 69.6 Å². The summed E-state index contributed by atoms with van der Waals surface area (Å²) in [6.45, 7) is 3.70. The minimum absolute atomic E-state index is 0.0505. The van der Waals surface area contributed by atoms with Gasteiger partial charge in [-0.2, -0.15) is 0 Å². The Hall–Kier alpha value is -1.71. The summed E-state index contributed by atoms with van der Waals surface area (Å²) in [6, 6.07) is 3.12. The van der Waals surface area contributed by atoms with Crippen LogP contribution in [-0.2, 0) is 0 Å². The maximum atomic E-state index is 10.3. The largest absolute Gasteiger partial charge is 0.506 e. The fourth-order valence-corrected chi connectivity index (χ4v) is 1.02. The predicted octanol–water partition coefficient (Wildman–Crippen LogP) is 2.10. The lowest BCUT2D eigenvalue weighted by molar-refractivity contribution is 0.209. The molecule has 1 aromatic rings. The number of hydrogen-bond acceptors (Lipinski definition) is 2. The zero-order chi connectivity index (χ0) is 10.0. The monoisotopic (exact) mass is 181 g/mol. The molecule has 0 aromatic heterocycles. The molecule has 13 heavy (non-hydrogen) atoms. The molecule has 4 nitrogen and oxygen atoms in total. The number of hydrogen-bond donors (Lipinski definition) is 3. The standard InChI is InChI=1S/C9H11NO3/c1-5-3-7(10-9(12)13)8(11)4-6(5)2/h3-4,10-11H,1-2H3,(H,12,13). The van der Waals surface area contributed by atoms with E-state index in [1.54, 1.807) is 6.07 Å². The van der Waals surface area contributed by atoms with E-state index in [1.165, 1.54) is 6.07 Å². The van der Waals surface area contributed by atoms with E-state index in [-0.39, 0.29) is 11.4 Å². The number of aromatic hydroxyl groups is 1. The molecule has 0 aliphatic carbocycles. The number of phenolic OH excluding ortho intramolecular Hbond substituents is 1. The molecule has 0 atom stereocenters. The van der Waals surface area contributed by atoms with E-state index >= 15 is 0 Å². The van der Waals surface area contributed by atoms with Crippen LogP contribution in [0.1, 0.15) is 11.1 Å². The Balaban J connectivity index is 3.08. The molecule has 0 spiro atoms. The Bertz CT molecular complexity index is 347. The molecule has 0 fully saturated rings. The molecule has 0 aliphatic heterocycles. The van der Waals surface area contributed by atoms with Gasteiger partial charge in [-0.1, -0.05) is 0 Å². The van der Waals surface area contributed by atoms with Crippen LogP contribution in [0.4, 0.5) is 10.5 Å². The molecule has 4 heteroatoms. The second kappa shape index (κ2) is 3.35. The summed E-state index contributed by atoms with van der Waals surface area (Å²) in [7, 11) is 0. The first-order valence-corrected chi connectivity index (χ1v) is 3.81. The van der Waals surface area contributed by atoms with Crippen LogP contribution in [0.5, 0.6) is 5.75 Å². The maximum Gasteiger partial charge on any atom is 0.409 e. The van der Waals surface area contributed by atoms with Crippen molar-refractivity contribution >= 4 is 11.8 Å². The van der Waals surface area contributed by atoms with Crippen molar-refractivity contribution in [2.45, 2.75) is 13.8 Å². The van der Waals surface area contributed by atoms with Gasteiger partial charge in [0.05, 0.1) is 5.69 Å². The molecule has 0 radical (unpaired) electrons. The first-order valence-electron chi connectivity index (χ1n) is 3.81. The highest BCUT2D eigenvalue weighted by Crippen LogP contribution is 2.26. The molecule has 70 valence electrons. The van der Waals surface area contributed by atoms with Gasteiger partial charge in [0.15, 0.2) is 0 Å². The molecule has 3 N–H and O–H groups in total. The third kappa shape index (κ3) is 2.11. The van der Waals surface area contributed by atoms with Crippen molar-refractivity contribution in [3.63, 3.8) is 0 Å². The van der Waals surface area contributed by atoms with Gasteiger partial charge in [-0.15, -0.1) is 0 Å². The SMILES string of the molecule is Cc1cc(O)c(NC(=O)O)cc1C. The summed E-state index contributed by atoms with van der Waals surface area (Å²) in [4.78, 5) is 10.3. The van der Waals surface area contributed by atoms with Gasteiger partial charge in [0.2, 0.25) is 0 Å². The Morgan fingerprint density at radius 2 is 1.85 bits per heavy atom. The van der Waals surface area contributed by atoms with Crippen LogP contribution in [-0.4, -0.2) is 16.3 Å². The van der Waals surface area contributed by atoms with E-state index in [0.29, 0.717) is 0 Å². The van der Waals surface area contributed by atoms with Crippen LogP contribution < -0.4 is 5.32 Å². The van der Waals surface area contributed by atoms with Crippen molar-refractivity contribution in [3.8, 4) is 5.75 Å². The third-order valence-corrected chi connectivity index (χ3v) is 1.85. The minimum Gasteiger partial charge on any atom is -0.506 e. The maximum absolute atomic E-state index is 10.3. The first-order chi connectivity index (χ1) is 6.00. The van der Waals surface area contributed by atoms with E-state index in [2.05, 4.69) is 5.32 Å². The molecule has 0 saturated carbocycles. The number of benzene rings is 1. The lowest BCUT2D eigenvalue weighted by Crippen LogP contribution is -2.07. The van der Waals surface area contributed by atoms with Gasteiger partial charge in [0.25, 0.3) is 0 Å². The Morgan fingerprint density at radius 1 is 1.31 bits per heavy atom. The van der Waals surface area contributed by atoms with Gasteiger partial charge in [-0.3, -0.25) is 5.32 Å². The molecule has 0 bridgehead atoms. The summed E-state index contributed by atoms with van der Waals surface area (Å²) in [5, 5.41) is 19.9. The quantitative estimate of drug-likeness (QED) is 0.581. The number of carboxylic acid groups (broad SMARTS) is 1. The molecule has 0 heterocycles. The zero-order valence-electron chi connectivity index (χ0n) is 7.46. The average Bonchev–Trinajstić information content (AvgIpc) is 1.99. The third-order valence-electron chi connectivity index (χ3n) is 1.85. The number of aryl methyl sites for hydroxylation is 2. The van der Waals surface area contributed by atoms with Gasteiger partial charge in [0, 0.05) is 0 Å². The summed E-state index contributed by atoms with van der Waals surface area (Å²) in [5.74, 6) is -0.0505. The fourth-order valence-electron chi connectivity index (χ4n) is 1.02. The van der Waals surface area contributed by atoms with Crippen molar-refractivity contribution in [2.75, 3.05) is 5.32 Å². The van der Waals surface area contributed by atoms with Crippen molar-refractivity contribution in [2.24, 2.45) is 0 Å². The van der Waals surface area contributed by atoms with Crippen molar-refractivity contribution in [3.05, 3.63) is 23.3 Å². The van der Waals surface area contributed by atoms with Gasteiger partial charge >= 0.3 is 6.09 Å². The molecular formula is C9H11NO3. The Kier molecular flexibility index (Phi) is 2.41. The van der Waals surface area contributed by atoms with Gasteiger partial charge in [-0.25, -0.2) is 4.79 Å². The highest BCUT2D eigenvalue weighted by molar-refractivity contribution is 5.85. The van der Waals surface area contributed by atoms with Gasteiger partial charge < -0.3 is 10.2 Å². The van der Waals surface area contributed by atoms with E-state index in [0.717, 1.165) is 11.1 Å². The van der Waals surface area contributed by atoms with Gasteiger partial charge in [0.1, 0.15) is 5.75 Å². The predicted molar refractivity (Wildman–Crippen MR) is 49.2 cm³/mol. The van der Waals surface area contributed by atoms with Gasteiger partial charge in [-0.05, 0) is 37.1 Å². The van der Waals surface area contributed by atoms with Crippen molar-refractivity contribution in [1.82, 2.24) is 0 Å². The highest BCUT2D eigenvalue weighted by atomic mass is 16.4. The lowest BCUT2D eigenvalue weighted by Gasteiger charge is -2.07. The fraction of sp³-hybridized carbons (Fsp3) is 0.222. The van der Waals surface area contributed by atoms with Crippen LogP contribution in [0.3, 0.4) is 0 Å². The second-order valence-corrected chi connectivity index (χ2v) is 2.88. The van der Waals surface area contributed by atoms with E-state index in [9.17, 15) is 9.90 Å². The van der Waals surface area contributed by atoms with Crippen LogP contribution in [0, 0.1) is 13.8 Å². The van der Waals surface area contributed by atoms with E-state index in [1.807, 2.05) is 13.8 Å². The molecule has 1 amide bonds. The number of nitrogens with one attached hydrogen (secondary N) is 1. The summed E-state index contributed by atoms with van der Waals surface area (Å²) < 4.78 is 0. The van der Waals surface area contributed by atoms with Crippen molar-refractivity contribution < 1.29 is 15.0 Å². The molecule has 1 aromatic carbocycles. The average molecular weight is 181 g/mol. The highest BCUT2D eigenvalue weighted by Gasteiger charge is 2.05. The summed E-state index contributed by atoms with van der Waals surface area (Å²) in [5.41, 5.74) is 2.07. The molecule has 0 aliphatic rings. The molecule has 1 rings (SSSR count). The van der Waals surface area contributed by atoms with Crippen LogP contribution in [0.2, 0.25) is 0 Å². The minimum atomic E-state index is -1.18. The van der Waals surface area contributed by atoms with Crippen LogP contribution in [0.15, 0.2) is 12.1 Å². The molecule has 0 unspecified atom stereocenters. The Morgan fingerprint density at radius 3 is 2.38 bits per heavy atom. The number of amides is 1. The van der Waals surface area contributed by atoms with Crippen molar-refractivity contribution in [1.29, 1.82) is 0 Å². The molecule has 0 saturated heterocycles. The molecular weight excluding hydrogens is 170 g/mol. The number of phenols is 1. The van der Waals surface area contributed by atoms with E-state index < -0.39 is 6.09 Å². The van der Waals surface area contributed by atoms with Crippen LogP contribution in [0.25, 0.3) is 0 Å². The summed E-state index contributed by atoms with van der Waals surface area (Å²) in [6.07, 6.45) is -1.18. The second-order valence-electron chi connectivity index (χ2n) is 2.88. The normalized spacial score (nSPS) is 9.69. The zero-order valence-corrected chi connectivity index (χ0v) is 7.46. The Labute approximate surface area is 75.8 Å². The number of rotatable bonds is 1. The summed E-state index contributed by atoms with van der Waals surface area (Å²) >= 11 is 0. The van der Waals surface area contributed by atoms with E-state index in [4.69, 9.17) is 5.11 Å². The number of carbonyl (C=O) groups is 1. The first kappa shape index (κ1) is 9.38. The van der Waals surface area contributed by atoms with Crippen LogP contribution >= 0.6 is 0 Å². The smallest absolute Gasteiger partial charge is 0.409 e. The lowest BCUT2D eigenvalue weighted by atomic mass is 10.1. The number of anilines is 1.